The lowest BCUT2D eigenvalue weighted by atomic mass is 9.97. The lowest BCUT2D eigenvalue weighted by molar-refractivity contribution is 0.0696. The van der Waals surface area contributed by atoms with E-state index in [4.69, 9.17) is 4.42 Å². The molecule has 6 nitrogen and oxygen atoms in total. The molecule has 1 aliphatic carbocycles. The van der Waals surface area contributed by atoms with Crippen LogP contribution >= 0.6 is 0 Å². The van der Waals surface area contributed by atoms with E-state index in [0.717, 1.165) is 17.8 Å². The number of carboxylic acid groups (broad SMARTS) is 1. The monoisotopic (exact) mass is 458 g/mol. The van der Waals surface area contributed by atoms with Gasteiger partial charge in [0.1, 0.15) is 17.2 Å². The predicted octanol–water partition coefficient (Wildman–Crippen LogP) is 5.79. The molecule has 4 aromatic rings. The van der Waals surface area contributed by atoms with Gasteiger partial charge in [-0.2, -0.15) is 0 Å². The average Bonchev–Trinajstić information content (AvgIpc) is 3.61. The molecule has 5 rings (SSSR count). The summed E-state index contributed by atoms with van der Waals surface area (Å²) in [6.07, 6.45) is 2.35. The van der Waals surface area contributed by atoms with E-state index >= 15 is 0 Å². The highest BCUT2D eigenvalue weighted by Gasteiger charge is 2.25. The van der Waals surface area contributed by atoms with E-state index in [9.17, 15) is 19.1 Å². The molecule has 3 N–H and O–H groups in total. The summed E-state index contributed by atoms with van der Waals surface area (Å²) in [7, 11) is 1.54. The van der Waals surface area contributed by atoms with E-state index in [1.807, 2.05) is 18.2 Å². The van der Waals surface area contributed by atoms with Crippen LogP contribution in [0.15, 0.2) is 65.1 Å². The van der Waals surface area contributed by atoms with Crippen LogP contribution in [0.5, 0.6) is 0 Å². The summed E-state index contributed by atoms with van der Waals surface area (Å²) in [6, 6.07) is 16.2. The van der Waals surface area contributed by atoms with Crippen LogP contribution in [-0.4, -0.2) is 30.6 Å². The maximum absolute atomic E-state index is 13.5. The van der Waals surface area contributed by atoms with Gasteiger partial charge >= 0.3 is 5.97 Å². The molecule has 172 valence electrons. The normalized spacial score (nSPS) is 13.1. The molecular formula is C27H23FN2O4. The summed E-state index contributed by atoms with van der Waals surface area (Å²) in [5.74, 6) is -0.764. The number of anilines is 1. The summed E-state index contributed by atoms with van der Waals surface area (Å²) in [6.45, 7) is 0.797. The molecule has 0 unspecified atom stereocenters. The Kier molecular flexibility index (Phi) is 5.53. The first-order valence-corrected chi connectivity index (χ1v) is 11.1. The average molecular weight is 458 g/mol. The predicted molar refractivity (Wildman–Crippen MR) is 129 cm³/mol. The molecule has 1 aromatic heterocycles. The summed E-state index contributed by atoms with van der Waals surface area (Å²) in [4.78, 5) is 24.5. The van der Waals surface area contributed by atoms with E-state index in [2.05, 4.69) is 10.6 Å². The number of nitrogens with one attached hydrogen (secondary N) is 2. The molecule has 1 amide bonds. The first-order chi connectivity index (χ1) is 16.4. The van der Waals surface area contributed by atoms with Crippen LogP contribution in [-0.2, 0) is 0 Å². The summed E-state index contributed by atoms with van der Waals surface area (Å²) in [5, 5.41) is 16.2. The van der Waals surface area contributed by atoms with Gasteiger partial charge in [0.05, 0.1) is 11.1 Å². The van der Waals surface area contributed by atoms with Crippen LogP contribution in [0.4, 0.5) is 10.1 Å². The number of benzene rings is 3. The summed E-state index contributed by atoms with van der Waals surface area (Å²) < 4.78 is 19.7. The number of hydrogen-bond acceptors (Lipinski definition) is 4. The van der Waals surface area contributed by atoms with Gasteiger partial charge in [-0.3, -0.25) is 4.79 Å². The Bertz CT molecular complexity index is 1400. The Labute approximate surface area is 195 Å². The number of furan rings is 1. The van der Waals surface area contributed by atoms with Crippen LogP contribution in [0.2, 0.25) is 0 Å². The van der Waals surface area contributed by atoms with Crippen molar-refractivity contribution in [1.82, 2.24) is 5.32 Å². The molecule has 0 aliphatic heterocycles. The number of rotatable bonds is 7. The smallest absolute Gasteiger partial charge is 0.335 e. The van der Waals surface area contributed by atoms with Crippen LogP contribution in [0.1, 0.15) is 33.6 Å². The Morgan fingerprint density at radius 1 is 1.06 bits per heavy atom. The second kappa shape index (κ2) is 8.67. The first kappa shape index (κ1) is 21.7. The van der Waals surface area contributed by atoms with E-state index in [1.54, 1.807) is 37.4 Å². The lowest BCUT2D eigenvalue weighted by Gasteiger charge is -2.13. The van der Waals surface area contributed by atoms with Crippen molar-refractivity contribution in [2.75, 3.05) is 18.9 Å². The van der Waals surface area contributed by atoms with Gasteiger partial charge in [0.25, 0.3) is 5.91 Å². The molecule has 0 bridgehead atoms. The molecule has 1 saturated carbocycles. The Hall–Kier alpha value is -4.13. The van der Waals surface area contributed by atoms with Crippen molar-refractivity contribution in [3.63, 3.8) is 0 Å². The topological polar surface area (TPSA) is 91.6 Å². The van der Waals surface area contributed by atoms with Crippen molar-refractivity contribution < 1.29 is 23.5 Å². The SMILES string of the molecule is CNC(=O)c1c(-c2ccc(F)cc2)oc2cc(NCC3CC3)c(-c3cccc(C(=O)O)c3)cc12. The number of amides is 1. The third kappa shape index (κ3) is 4.12. The molecule has 34 heavy (non-hydrogen) atoms. The fourth-order valence-corrected chi connectivity index (χ4v) is 4.08. The van der Waals surface area contributed by atoms with Gasteiger partial charge in [0, 0.05) is 41.9 Å². The number of aromatic carboxylic acids is 1. The number of halogens is 1. The van der Waals surface area contributed by atoms with Crippen LogP contribution in [0.25, 0.3) is 33.4 Å². The number of hydrogen-bond donors (Lipinski definition) is 3. The molecule has 0 atom stereocenters. The van der Waals surface area contributed by atoms with Crippen molar-refractivity contribution in [3.05, 3.63) is 77.6 Å². The third-order valence-corrected chi connectivity index (χ3v) is 6.09. The van der Waals surface area contributed by atoms with E-state index < -0.39 is 5.97 Å². The summed E-state index contributed by atoms with van der Waals surface area (Å²) >= 11 is 0. The van der Waals surface area contributed by atoms with Crippen LogP contribution in [0, 0.1) is 11.7 Å². The van der Waals surface area contributed by atoms with Crippen molar-refractivity contribution in [2.45, 2.75) is 12.8 Å². The number of carbonyl (C=O) groups excluding carboxylic acids is 1. The van der Waals surface area contributed by atoms with Gasteiger partial charge in [-0.1, -0.05) is 12.1 Å². The molecule has 0 radical (unpaired) electrons. The highest BCUT2D eigenvalue weighted by Crippen LogP contribution is 2.40. The van der Waals surface area contributed by atoms with Gasteiger partial charge in [0.2, 0.25) is 0 Å². The lowest BCUT2D eigenvalue weighted by Crippen LogP contribution is -2.18. The number of fused-ring (bicyclic) bond motifs is 1. The molecule has 0 saturated heterocycles. The van der Waals surface area contributed by atoms with Crippen LogP contribution in [0.3, 0.4) is 0 Å². The van der Waals surface area contributed by atoms with Crippen molar-refractivity contribution in [2.24, 2.45) is 5.92 Å². The standard InChI is InChI=1S/C27H23FN2O4/c1-29-26(31)24-21-12-20(17-3-2-4-18(11-17)27(32)33)22(30-14-15-5-6-15)13-23(21)34-25(24)16-7-9-19(28)10-8-16/h2-4,7-13,15,30H,5-6,14H2,1H3,(H,29,31)(H,32,33). The largest absolute Gasteiger partial charge is 0.478 e. The minimum Gasteiger partial charge on any atom is -0.478 e. The van der Waals surface area contributed by atoms with E-state index in [1.165, 1.54) is 25.0 Å². The summed E-state index contributed by atoms with van der Waals surface area (Å²) in [5.41, 5.74) is 3.89. The van der Waals surface area contributed by atoms with Crippen molar-refractivity contribution in [1.29, 1.82) is 0 Å². The van der Waals surface area contributed by atoms with Crippen molar-refractivity contribution >= 4 is 28.5 Å². The Morgan fingerprint density at radius 3 is 2.50 bits per heavy atom. The number of carboxylic acids is 1. The van der Waals surface area contributed by atoms with E-state index in [-0.39, 0.29) is 17.3 Å². The Balaban J connectivity index is 1.73. The fourth-order valence-electron chi connectivity index (χ4n) is 4.08. The zero-order valence-corrected chi connectivity index (χ0v) is 18.5. The van der Waals surface area contributed by atoms with Gasteiger partial charge in [-0.05, 0) is 66.8 Å². The van der Waals surface area contributed by atoms with Crippen LogP contribution < -0.4 is 10.6 Å². The molecule has 0 spiro atoms. The maximum atomic E-state index is 13.5. The Morgan fingerprint density at radius 2 is 1.82 bits per heavy atom. The van der Waals surface area contributed by atoms with Gasteiger partial charge in [-0.25, -0.2) is 9.18 Å². The molecular weight excluding hydrogens is 435 g/mol. The highest BCUT2D eigenvalue weighted by molar-refractivity contribution is 6.13. The van der Waals surface area contributed by atoms with Gasteiger partial charge in [0.15, 0.2) is 0 Å². The first-order valence-electron chi connectivity index (χ1n) is 11.1. The minimum atomic E-state index is -1.01. The molecule has 1 fully saturated rings. The second-order valence-electron chi connectivity index (χ2n) is 8.50. The van der Waals surface area contributed by atoms with Gasteiger partial charge in [-0.15, -0.1) is 0 Å². The molecule has 7 heteroatoms. The minimum absolute atomic E-state index is 0.177. The quantitative estimate of drug-likeness (QED) is 0.326. The van der Waals surface area contributed by atoms with Crippen molar-refractivity contribution in [3.8, 4) is 22.5 Å². The maximum Gasteiger partial charge on any atom is 0.335 e. The molecule has 1 heterocycles. The zero-order chi connectivity index (χ0) is 23.8. The number of carbonyl (C=O) groups is 2. The van der Waals surface area contributed by atoms with Gasteiger partial charge < -0.3 is 20.2 Å². The molecule has 1 aliphatic rings. The fraction of sp³-hybridized carbons (Fsp3) is 0.185. The second-order valence-corrected chi connectivity index (χ2v) is 8.50. The highest BCUT2D eigenvalue weighted by atomic mass is 19.1. The molecule has 3 aromatic carbocycles. The van der Waals surface area contributed by atoms with E-state index in [0.29, 0.717) is 39.3 Å². The third-order valence-electron chi connectivity index (χ3n) is 6.09. The zero-order valence-electron chi connectivity index (χ0n) is 18.5.